The van der Waals surface area contributed by atoms with Gasteiger partial charge in [-0.2, -0.15) is 0 Å². The second kappa shape index (κ2) is 5.85. The van der Waals surface area contributed by atoms with Gasteiger partial charge in [-0.05, 0) is 45.2 Å². The van der Waals surface area contributed by atoms with Crippen molar-refractivity contribution in [1.82, 2.24) is 5.32 Å². The zero-order chi connectivity index (χ0) is 13.1. The van der Waals surface area contributed by atoms with Crippen molar-refractivity contribution < 1.29 is 4.79 Å². The summed E-state index contributed by atoms with van der Waals surface area (Å²) in [6.45, 7) is 4.18. The number of nitrogens with two attached hydrogens (primary N) is 1. The smallest absolute Gasteiger partial charge is 0.223 e. The number of carbonyl (C=O) groups is 1. The van der Waals surface area contributed by atoms with Gasteiger partial charge >= 0.3 is 0 Å². The molecular weight excluding hydrogens is 244 g/mol. The third kappa shape index (κ3) is 3.56. The lowest BCUT2D eigenvalue weighted by Crippen LogP contribution is -2.38. The molecule has 1 aliphatic carbocycles. The summed E-state index contributed by atoms with van der Waals surface area (Å²) in [5.41, 5.74) is 5.84. The van der Waals surface area contributed by atoms with Gasteiger partial charge in [0.2, 0.25) is 5.91 Å². The van der Waals surface area contributed by atoms with Gasteiger partial charge < -0.3 is 11.1 Å². The van der Waals surface area contributed by atoms with E-state index in [1.165, 1.54) is 9.75 Å². The largest absolute Gasteiger partial charge is 0.353 e. The first-order valence-corrected chi connectivity index (χ1v) is 7.47. The number of rotatable bonds is 4. The van der Waals surface area contributed by atoms with Crippen LogP contribution in [-0.2, 0) is 11.2 Å². The molecule has 1 saturated carbocycles. The van der Waals surface area contributed by atoms with Crippen LogP contribution in [0.3, 0.4) is 0 Å². The molecule has 2 rings (SSSR count). The molecule has 1 aromatic rings. The molecule has 3 N–H and O–H groups in total. The fourth-order valence-corrected chi connectivity index (χ4v) is 3.58. The number of aryl methyl sites for hydroxylation is 1. The summed E-state index contributed by atoms with van der Waals surface area (Å²) < 4.78 is 0. The Morgan fingerprint density at radius 2 is 2.33 bits per heavy atom. The van der Waals surface area contributed by atoms with E-state index in [1.54, 1.807) is 11.3 Å². The predicted octanol–water partition coefficient (Wildman–Crippen LogP) is 2.23. The maximum Gasteiger partial charge on any atom is 0.223 e. The number of hydrogen-bond acceptors (Lipinski definition) is 3. The van der Waals surface area contributed by atoms with E-state index in [4.69, 9.17) is 5.73 Å². The molecule has 0 bridgehead atoms. The van der Waals surface area contributed by atoms with Crippen molar-refractivity contribution in [2.45, 2.75) is 51.6 Å². The zero-order valence-electron chi connectivity index (χ0n) is 11.1. The normalized spacial score (nSPS) is 25.1. The van der Waals surface area contributed by atoms with Crippen LogP contribution in [0.5, 0.6) is 0 Å². The minimum atomic E-state index is 0.132. The highest BCUT2D eigenvalue weighted by atomic mass is 32.1. The molecule has 4 heteroatoms. The van der Waals surface area contributed by atoms with E-state index < -0.39 is 0 Å². The Hall–Kier alpha value is -0.870. The van der Waals surface area contributed by atoms with Crippen LogP contribution in [0.1, 0.15) is 35.9 Å². The fraction of sp³-hybridized carbons (Fsp3) is 0.643. The van der Waals surface area contributed by atoms with Crippen LogP contribution in [-0.4, -0.2) is 18.0 Å². The Morgan fingerprint density at radius 3 is 2.89 bits per heavy atom. The Kier molecular flexibility index (Phi) is 4.40. The molecule has 0 spiro atoms. The zero-order valence-corrected chi connectivity index (χ0v) is 11.9. The number of carbonyl (C=O) groups excluding carboxylic acids is 1. The average Bonchev–Trinajstić information content (AvgIpc) is 2.87. The summed E-state index contributed by atoms with van der Waals surface area (Å²) in [7, 11) is 0. The molecule has 1 aliphatic rings. The molecule has 3 atom stereocenters. The molecule has 0 aliphatic heterocycles. The molecule has 3 unspecified atom stereocenters. The van der Waals surface area contributed by atoms with Crippen molar-refractivity contribution in [2.24, 2.45) is 11.7 Å². The summed E-state index contributed by atoms with van der Waals surface area (Å²) in [4.78, 5) is 14.7. The summed E-state index contributed by atoms with van der Waals surface area (Å²) in [5, 5.41) is 3.11. The highest BCUT2D eigenvalue weighted by Gasteiger charge is 2.28. The summed E-state index contributed by atoms with van der Waals surface area (Å²) >= 11 is 1.80. The molecule has 0 radical (unpaired) electrons. The molecular formula is C14H22N2OS. The average molecular weight is 266 g/mol. The van der Waals surface area contributed by atoms with Crippen molar-refractivity contribution in [3.8, 4) is 0 Å². The number of hydrogen-bond donors (Lipinski definition) is 2. The minimum absolute atomic E-state index is 0.132. The topological polar surface area (TPSA) is 55.1 Å². The lowest BCUT2D eigenvalue weighted by atomic mass is 10.1. The third-order valence-corrected chi connectivity index (χ3v) is 4.56. The van der Waals surface area contributed by atoms with Crippen LogP contribution in [0.25, 0.3) is 0 Å². The van der Waals surface area contributed by atoms with E-state index in [9.17, 15) is 4.79 Å². The van der Waals surface area contributed by atoms with Gasteiger partial charge in [-0.1, -0.05) is 0 Å². The van der Waals surface area contributed by atoms with Crippen LogP contribution in [0, 0.1) is 12.8 Å². The van der Waals surface area contributed by atoms with Gasteiger partial charge in [-0.25, -0.2) is 0 Å². The SMILES string of the molecule is Cc1ccc(CC(C)NC(=O)C2CCC(N)C2)s1. The molecule has 0 aromatic carbocycles. The molecule has 18 heavy (non-hydrogen) atoms. The Balaban J connectivity index is 1.80. The summed E-state index contributed by atoms with van der Waals surface area (Å²) in [5.74, 6) is 0.316. The first-order valence-electron chi connectivity index (χ1n) is 6.66. The minimum Gasteiger partial charge on any atom is -0.353 e. The summed E-state index contributed by atoms with van der Waals surface area (Å²) in [6, 6.07) is 4.70. The number of nitrogens with one attached hydrogen (secondary N) is 1. The molecule has 1 heterocycles. The van der Waals surface area contributed by atoms with Crippen molar-refractivity contribution in [1.29, 1.82) is 0 Å². The van der Waals surface area contributed by atoms with Gasteiger partial charge in [-0.15, -0.1) is 11.3 Å². The van der Waals surface area contributed by atoms with Gasteiger partial charge in [0, 0.05) is 34.2 Å². The van der Waals surface area contributed by atoms with Crippen LogP contribution in [0.4, 0.5) is 0 Å². The third-order valence-electron chi connectivity index (χ3n) is 3.54. The molecule has 1 amide bonds. The number of amides is 1. The van der Waals surface area contributed by atoms with Crippen LogP contribution >= 0.6 is 11.3 Å². The van der Waals surface area contributed by atoms with Crippen molar-refractivity contribution >= 4 is 17.2 Å². The quantitative estimate of drug-likeness (QED) is 0.878. The Morgan fingerprint density at radius 1 is 1.56 bits per heavy atom. The van der Waals surface area contributed by atoms with Crippen LogP contribution in [0.2, 0.25) is 0 Å². The molecule has 1 aromatic heterocycles. The van der Waals surface area contributed by atoms with Gasteiger partial charge in [0.1, 0.15) is 0 Å². The van der Waals surface area contributed by atoms with E-state index in [2.05, 4.69) is 31.3 Å². The van der Waals surface area contributed by atoms with Crippen molar-refractivity contribution in [3.05, 3.63) is 21.9 Å². The van der Waals surface area contributed by atoms with Gasteiger partial charge in [0.15, 0.2) is 0 Å². The Labute approximate surface area is 113 Å². The number of thiophene rings is 1. The summed E-state index contributed by atoms with van der Waals surface area (Å²) in [6.07, 6.45) is 3.69. The molecule has 3 nitrogen and oxygen atoms in total. The molecule has 1 fully saturated rings. The van der Waals surface area contributed by atoms with Gasteiger partial charge in [-0.3, -0.25) is 4.79 Å². The lowest BCUT2D eigenvalue weighted by molar-refractivity contribution is -0.125. The van der Waals surface area contributed by atoms with E-state index in [-0.39, 0.29) is 23.9 Å². The standard InChI is InChI=1S/C14H22N2OS/c1-9(7-13-6-3-10(2)18-13)16-14(17)11-4-5-12(15)8-11/h3,6,9,11-12H,4-5,7-8,15H2,1-2H3,(H,16,17). The first kappa shape index (κ1) is 13.6. The van der Waals surface area contributed by atoms with Crippen molar-refractivity contribution in [2.75, 3.05) is 0 Å². The second-order valence-corrected chi connectivity index (χ2v) is 6.77. The second-order valence-electron chi connectivity index (χ2n) is 5.40. The van der Waals surface area contributed by atoms with Gasteiger partial charge in [0.25, 0.3) is 0 Å². The maximum atomic E-state index is 12.0. The van der Waals surface area contributed by atoms with Gasteiger partial charge in [0.05, 0.1) is 0 Å². The monoisotopic (exact) mass is 266 g/mol. The molecule has 100 valence electrons. The highest BCUT2D eigenvalue weighted by Crippen LogP contribution is 2.24. The van der Waals surface area contributed by atoms with E-state index in [0.29, 0.717) is 0 Å². The fourth-order valence-electron chi connectivity index (χ4n) is 2.56. The Bertz CT molecular complexity index is 416. The van der Waals surface area contributed by atoms with E-state index >= 15 is 0 Å². The van der Waals surface area contributed by atoms with Crippen molar-refractivity contribution in [3.63, 3.8) is 0 Å². The van der Waals surface area contributed by atoms with E-state index in [0.717, 1.165) is 25.7 Å². The maximum absolute atomic E-state index is 12.0. The van der Waals surface area contributed by atoms with Crippen LogP contribution in [0.15, 0.2) is 12.1 Å². The van der Waals surface area contributed by atoms with E-state index in [1.807, 2.05) is 0 Å². The predicted molar refractivity (Wildman–Crippen MR) is 75.7 cm³/mol. The molecule has 0 saturated heterocycles. The first-order chi connectivity index (χ1) is 8.54. The highest BCUT2D eigenvalue weighted by molar-refractivity contribution is 7.11. The van der Waals surface area contributed by atoms with Crippen LogP contribution < -0.4 is 11.1 Å². The lowest BCUT2D eigenvalue weighted by Gasteiger charge is -2.16.